The standard InChI is InChI=1S/C18H33N3O2/c1-21(16-11-6-3-7-12-16)17(22)13-8-14-19-18(23)20-15-9-4-2-5-10-15/h15-16H,2-14H2,1H3,(H2,19,20,23). The smallest absolute Gasteiger partial charge is 0.315 e. The van der Waals surface area contributed by atoms with E-state index in [1.165, 1.54) is 38.5 Å². The summed E-state index contributed by atoms with van der Waals surface area (Å²) in [5.41, 5.74) is 0. The lowest BCUT2D eigenvalue weighted by atomic mass is 9.94. The average Bonchev–Trinajstić information content (AvgIpc) is 2.59. The lowest BCUT2D eigenvalue weighted by molar-refractivity contribution is -0.132. The van der Waals surface area contributed by atoms with Crippen molar-refractivity contribution < 1.29 is 9.59 Å². The van der Waals surface area contributed by atoms with Gasteiger partial charge in [-0.25, -0.2) is 4.79 Å². The van der Waals surface area contributed by atoms with Crippen molar-refractivity contribution in [3.63, 3.8) is 0 Å². The normalized spacial score (nSPS) is 20.0. The van der Waals surface area contributed by atoms with E-state index < -0.39 is 0 Å². The average molecular weight is 323 g/mol. The fourth-order valence-corrected chi connectivity index (χ4v) is 3.77. The van der Waals surface area contributed by atoms with Crippen LogP contribution in [0.25, 0.3) is 0 Å². The topological polar surface area (TPSA) is 61.4 Å². The lowest BCUT2D eigenvalue weighted by Crippen LogP contribution is -2.43. The van der Waals surface area contributed by atoms with Gasteiger partial charge in [-0.05, 0) is 32.1 Å². The number of hydrogen-bond acceptors (Lipinski definition) is 2. The molecule has 2 N–H and O–H groups in total. The van der Waals surface area contributed by atoms with Gasteiger partial charge in [0.25, 0.3) is 0 Å². The molecular formula is C18H33N3O2. The Labute approximate surface area is 140 Å². The second-order valence-electron chi connectivity index (χ2n) is 7.14. The van der Waals surface area contributed by atoms with E-state index in [1.807, 2.05) is 11.9 Å². The summed E-state index contributed by atoms with van der Waals surface area (Å²) in [5, 5.41) is 5.92. The Hall–Kier alpha value is -1.26. The number of rotatable bonds is 6. The predicted molar refractivity (Wildman–Crippen MR) is 92.3 cm³/mol. The van der Waals surface area contributed by atoms with Gasteiger partial charge in [0.2, 0.25) is 5.91 Å². The SMILES string of the molecule is CN(C(=O)CCCNC(=O)NC1CCCCC1)C1CCCCC1. The van der Waals surface area contributed by atoms with Crippen LogP contribution < -0.4 is 10.6 Å². The molecular weight excluding hydrogens is 290 g/mol. The van der Waals surface area contributed by atoms with Gasteiger partial charge >= 0.3 is 6.03 Å². The molecule has 2 fully saturated rings. The van der Waals surface area contributed by atoms with Crippen LogP contribution in [0.4, 0.5) is 4.79 Å². The molecule has 2 rings (SSSR count). The quantitative estimate of drug-likeness (QED) is 0.737. The first-order chi connectivity index (χ1) is 11.2. The minimum atomic E-state index is -0.0787. The van der Waals surface area contributed by atoms with Crippen molar-refractivity contribution in [3.05, 3.63) is 0 Å². The largest absolute Gasteiger partial charge is 0.343 e. The molecule has 0 aliphatic heterocycles. The third-order valence-corrected chi connectivity index (χ3v) is 5.31. The summed E-state index contributed by atoms with van der Waals surface area (Å²) >= 11 is 0. The van der Waals surface area contributed by atoms with Crippen molar-refractivity contribution in [3.8, 4) is 0 Å². The Morgan fingerprint density at radius 3 is 2.22 bits per heavy atom. The van der Waals surface area contributed by atoms with Crippen LogP contribution in [0.3, 0.4) is 0 Å². The van der Waals surface area contributed by atoms with E-state index in [2.05, 4.69) is 10.6 Å². The van der Waals surface area contributed by atoms with E-state index in [0.717, 1.165) is 25.7 Å². The van der Waals surface area contributed by atoms with Gasteiger partial charge in [-0.15, -0.1) is 0 Å². The fourth-order valence-electron chi connectivity index (χ4n) is 3.77. The maximum absolute atomic E-state index is 12.2. The maximum Gasteiger partial charge on any atom is 0.315 e. The van der Waals surface area contributed by atoms with Gasteiger partial charge in [0.05, 0.1) is 0 Å². The Bertz CT molecular complexity index is 374. The molecule has 5 nitrogen and oxygen atoms in total. The van der Waals surface area contributed by atoms with E-state index in [9.17, 15) is 9.59 Å². The highest BCUT2D eigenvalue weighted by Gasteiger charge is 2.21. The number of nitrogens with zero attached hydrogens (tertiary/aromatic N) is 1. The van der Waals surface area contributed by atoms with Crippen molar-refractivity contribution in [2.45, 2.75) is 89.1 Å². The van der Waals surface area contributed by atoms with Crippen molar-refractivity contribution in [1.82, 2.24) is 15.5 Å². The van der Waals surface area contributed by atoms with E-state index in [-0.39, 0.29) is 11.9 Å². The molecule has 2 aliphatic carbocycles. The van der Waals surface area contributed by atoms with Crippen molar-refractivity contribution in [2.75, 3.05) is 13.6 Å². The highest BCUT2D eigenvalue weighted by atomic mass is 16.2. The molecule has 2 saturated carbocycles. The zero-order chi connectivity index (χ0) is 16.5. The van der Waals surface area contributed by atoms with Gasteiger partial charge in [0.1, 0.15) is 0 Å². The molecule has 23 heavy (non-hydrogen) atoms. The molecule has 0 aromatic heterocycles. The Balaban J connectivity index is 1.55. The molecule has 0 saturated heterocycles. The Morgan fingerprint density at radius 2 is 1.57 bits per heavy atom. The molecule has 0 bridgehead atoms. The fraction of sp³-hybridized carbons (Fsp3) is 0.889. The van der Waals surface area contributed by atoms with Crippen molar-refractivity contribution >= 4 is 11.9 Å². The molecule has 0 heterocycles. The van der Waals surface area contributed by atoms with E-state index in [4.69, 9.17) is 0 Å². The van der Waals surface area contributed by atoms with Gasteiger partial charge in [-0.3, -0.25) is 4.79 Å². The number of amides is 3. The van der Waals surface area contributed by atoms with E-state index in [1.54, 1.807) is 0 Å². The molecule has 2 aliphatic rings. The van der Waals surface area contributed by atoms with E-state index in [0.29, 0.717) is 31.5 Å². The molecule has 0 atom stereocenters. The van der Waals surface area contributed by atoms with Crippen LogP contribution in [0, 0.1) is 0 Å². The molecule has 0 unspecified atom stereocenters. The molecule has 0 aromatic carbocycles. The highest BCUT2D eigenvalue weighted by molar-refractivity contribution is 5.76. The van der Waals surface area contributed by atoms with Crippen LogP contribution in [0.1, 0.15) is 77.0 Å². The Morgan fingerprint density at radius 1 is 0.957 bits per heavy atom. The van der Waals surface area contributed by atoms with Crippen molar-refractivity contribution in [1.29, 1.82) is 0 Å². The van der Waals surface area contributed by atoms with Gasteiger partial charge < -0.3 is 15.5 Å². The second-order valence-corrected chi connectivity index (χ2v) is 7.14. The van der Waals surface area contributed by atoms with Crippen LogP contribution in [0.2, 0.25) is 0 Å². The van der Waals surface area contributed by atoms with Crippen LogP contribution in [0.5, 0.6) is 0 Å². The summed E-state index contributed by atoms with van der Waals surface area (Å²) in [7, 11) is 1.93. The summed E-state index contributed by atoms with van der Waals surface area (Å²) in [6.07, 6.45) is 13.2. The Kier molecular flexibility index (Phi) is 7.69. The monoisotopic (exact) mass is 323 g/mol. The first kappa shape index (κ1) is 18.1. The zero-order valence-electron chi connectivity index (χ0n) is 14.6. The number of carbonyl (C=O) groups is 2. The molecule has 0 radical (unpaired) electrons. The van der Waals surface area contributed by atoms with Crippen LogP contribution >= 0.6 is 0 Å². The van der Waals surface area contributed by atoms with Crippen LogP contribution in [-0.4, -0.2) is 42.5 Å². The zero-order valence-corrected chi connectivity index (χ0v) is 14.6. The number of urea groups is 1. The summed E-state index contributed by atoms with van der Waals surface area (Å²) in [6.45, 7) is 0.572. The third kappa shape index (κ3) is 6.40. The van der Waals surface area contributed by atoms with Gasteiger partial charge in [0, 0.05) is 32.1 Å². The maximum atomic E-state index is 12.2. The van der Waals surface area contributed by atoms with Crippen LogP contribution in [-0.2, 0) is 4.79 Å². The summed E-state index contributed by atoms with van der Waals surface area (Å²) in [4.78, 5) is 26.0. The highest BCUT2D eigenvalue weighted by Crippen LogP contribution is 2.22. The number of carbonyl (C=O) groups excluding carboxylic acids is 2. The second kappa shape index (κ2) is 9.78. The summed E-state index contributed by atoms with van der Waals surface area (Å²) in [6, 6.07) is 0.687. The number of nitrogens with one attached hydrogen (secondary N) is 2. The first-order valence-corrected chi connectivity index (χ1v) is 9.47. The van der Waals surface area contributed by atoms with Gasteiger partial charge in [-0.1, -0.05) is 38.5 Å². The van der Waals surface area contributed by atoms with Gasteiger partial charge in [0.15, 0.2) is 0 Å². The number of hydrogen-bond donors (Lipinski definition) is 2. The van der Waals surface area contributed by atoms with Crippen molar-refractivity contribution in [2.24, 2.45) is 0 Å². The minimum absolute atomic E-state index is 0.0787. The lowest BCUT2D eigenvalue weighted by Gasteiger charge is -2.31. The molecule has 5 heteroatoms. The molecule has 0 spiro atoms. The molecule has 132 valence electrons. The van der Waals surface area contributed by atoms with E-state index >= 15 is 0 Å². The molecule has 3 amide bonds. The van der Waals surface area contributed by atoms with Gasteiger partial charge in [-0.2, -0.15) is 0 Å². The summed E-state index contributed by atoms with van der Waals surface area (Å²) < 4.78 is 0. The predicted octanol–water partition coefficient (Wildman–Crippen LogP) is 3.19. The molecule has 0 aromatic rings. The first-order valence-electron chi connectivity index (χ1n) is 9.47. The minimum Gasteiger partial charge on any atom is -0.343 e. The third-order valence-electron chi connectivity index (χ3n) is 5.31. The van der Waals surface area contributed by atoms with Crippen LogP contribution in [0.15, 0.2) is 0 Å². The summed E-state index contributed by atoms with van der Waals surface area (Å²) in [5.74, 6) is 0.214.